The fraction of sp³-hybridized carbons (Fsp3) is 0.889. The fourth-order valence-electron chi connectivity index (χ4n) is 1.46. The molecule has 5 heteroatoms. The molecule has 14 heavy (non-hydrogen) atoms. The van der Waals surface area contributed by atoms with Gasteiger partial charge in [0.2, 0.25) is 0 Å². The topological polar surface area (TPSA) is 59.0 Å². The lowest BCUT2D eigenvalue weighted by molar-refractivity contribution is 0.0948. The van der Waals surface area contributed by atoms with Crippen molar-refractivity contribution >= 4 is 6.09 Å². The fourth-order valence-corrected chi connectivity index (χ4v) is 1.46. The van der Waals surface area contributed by atoms with Crippen molar-refractivity contribution in [3.05, 3.63) is 4.91 Å². The second kappa shape index (κ2) is 6.34. The Morgan fingerprint density at radius 2 is 2.00 bits per heavy atom. The summed E-state index contributed by atoms with van der Waals surface area (Å²) in [6.45, 7) is 2.10. The highest BCUT2D eigenvalue weighted by atomic mass is 16.6. The zero-order valence-electron chi connectivity index (χ0n) is 8.28. The number of hydrogen-bond donors (Lipinski definition) is 0. The molecule has 5 nitrogen and oxygen atoms in total. The van der Waals surface area contributed by atoms with Crippen LogP contribution >= 0.6 is 0 Å². The van der Waals surface area contributed by atoms with Crippen LogP contribution in [0.3, 0.4) is 0 Å². The van der Waals surface area contributed by atoms with Crippen LogP contribution in [0.4, 0.5) is 4.79 Å². The monoisotopic (exact) mass is 200 g/mol. The first-order valence-corrected chi connectivity index (χ1v) is 5.05. The maximum Gasteiger partial charge on any atom is 0.409 e. The number of ether oxygens (including phenoxy) is 1. The molecule has 0 aromatic rings. The highest BCUT2D eigenvalue weighted by Crippen LogP contribution is 2.09. The first-order chi connectivity index (χ1) is 6.84. The zero-order valence-corrected chi connectivity index (χ0v) is 8.28. The van der Waals surface area contributed by atoms with Gasteiger partial charge >= 0.3 is 6.09 Å². The predicted octanol–water partition coefficient (Wildman–Crippen LogP) is 1.77. The van der Waals surface area contributed by atoms with E-state index in [0.29, 0.717) is 13.0 Å². The van der Waals surface area contributed by atoms with Gasteiger partial charge in [0.05, 0.1) is 13.2 Å². The molecule has 1 saturated heterocycles. The summed E-state index contributed by atoms with van der Waals surface area (Å²) in [7, 11) is 0. The van der Waals surface area contributed by atoms with Gasteiger partial charge in [-0.05, 0) is 19.3 Å². The van der Waals surface area contributed by atoms with Gasteiger partial charge in [0, 0.05) is 19.5 Å². The van der Waals surface area contributed by atoms with Gasteiger partial charge in [0.25, 0.3) is 0 Å². The molecule has 1 rings (SSSR count). The third-order valence-electron chi connectivity index (χ3n) is 2.23. The Balaban J connectivity index is 2.10. The summed E-state index contributed by atoms with van der Waals surface area (Å²) >= 11 is 0. The van der Waals surface area contributed by atoms with Crippen LogP contribution < -0.4 is 0 Å². The van der Waals surface area contributed by atoms with Gasteiger partial charge in [0.1, 0.15) is 0 Å². The first kappa shape index (κ1) is 10.9. The van der Waals surface area contributed by atoms with Gasteiger partial charge in [0.15, 0.2) is 0 Å². The van der Waals surface area contributed by atoms with E-state index in [1.165, 1.54) is 6.42 Å². The van der Waals surface area contributed by atoms with Crippen molar-refractivity contribution in [1.29, 1.82) is 0 Å². The minimum Gasteiger partial charge on any atom is -0.449 e. The molecule has 0 spiro atoms. The molecule has 0 aliphatic carbocycles. The van der Waals surface area contributed by atoms with E-state index in [4.69, 9.17) is 4.74 Å². The van der Waals surface area contributed by atoms with Crippen LogP contribution in [-0.4, -0.2) is 37.2 Å². The largest absolute Gasteiger partial charge is 0.449 e. The Labute approximate surface area is 83.4 Å². The van der Waals surface area contributed by atoms with Crippen LogP contribution in [0.25, 0.3) is 0 Å². The molecule has 0 aromatic carbocycles. The molecule has 0 radical (unpaired) electrons. The smallest absolute Gasteiger partial charge is 0.409 e. The predicted molar refractivity (Wildman–Crippen MR) is 52.1 cm³/mol. The van der Waals surface area contributed by atoms with Gasteiger partial charge in [-0.3, -0.25) is 0 Å². The molecule has 0 bridgehead atoms. The third-order valence-corrected chi connectivity index (χ3v) is 2.23. The van der Waals surface area contributed by atoms with E-state index < -0.39 is 0 Å². The SMILES string of the molecule is O=NCCCOC(=O)N1CCCCC1. The number of amides is 1. The molecule has 0 aromatic heterocycles. The summed E-state index contributed by atoms with van der Waals surface area (Å²) in [5.74, 6) is 0. The molecular weight excluding hydrogens is 184 g/mol. The van der Waals surface area contributed by atoms with Gasteiger partial charge < -0.3 is 9.64 Å². The van der Waals surface area contributed by atoms with E-state index in [1.54, 1.807) is 4.90 Å². The molecule has 1 amide bonds. The lowest BCUT2D eigenvalue weighted by Gasteiger charge is -2.25. The molecule has 0 atom stereocenters. The summed E-state index contributed by atoms with van der Waals surface area (Å²) < 4.78 is 4.97. The summed E-state index contributed by atoms with van der Waals surface area (Å²) in [5, 5.41) is 2.69. The quantitative estimate of drug-likeness (QED) is 0.513. The van der Waals surface area contributed by atoms with Gasteiger partial charge in [-0.1, -0.05) is 5.18 Å². The van der Waals surface area contributed by atoms with Crippen LogP contribution in [0.15, 0.2) is 5.18 Å². The molecule has 1 aliphatic heterocycles. The Kier molecular flexibility index (Phi) is 4.96. The van der Waals surface area contributed by atoms with Crippen molar-refractivity contribution in [3.8, 4) is 0 Å². The second-order valence-electron chi connectivity index (χ2n) is 3.37. The number of hydrogen-bond acceptors (Lipinski definition) is 4. The molecule has 0 saturated carbocycles. The van der Waals surface area contributed by atoms with Crippen LogP contribution in [-0.2, 0) is 4.74 Å². The maximum absolute atomic E-state index is 11.4. The summed E-state index contributed by atoms with van der Waals surface area (Å²) in [4.78, 5) is 22.8. The van der Waals surface area contributed by atoms with Crippen LogP contribution in [0, 0.1) is 4.91 Å². The molecule has 80 valence electrons. The third kappa shape index (κ3) is 3.72. The minimum atomic E-state index is -0.254. The van der Waals surface area contributed by atoms with Crippen LogP contribution in [0.1, 0.15) is 25.7 Å². The van der Waals surface area contributed by atoms with Gasteiger partial charge in [-0.25, -0.2) is 4.79 Å². The molecular formula is C9H16N2O3. The Hall–Kier alpha value is -1.13. The lowest BCUT2D eigenvalue weighted by atomic mass is 10.1. The van der Waals surface area contributed by atoms with Crippen molar-refractivity contribution in [1.82, 2.24) is 4.90 Å². The number of carbonyl (C=O) groups excluding carboxylic acids is 1. The van der Waals surface area contributed by atoms with E-state index in [9.17, 15) is 9.70 Å². The second-order valence-corrected chi connectivity index (χ2v) is 3.37. The van der Waals surface area contributed by atoms with Crippen molar-refractivity contribution in [2.75, 3.05) is 26.2 Å². The normalized spacial score (nSPS) is 16.4. The van der Waals surface area contributed by atoms with Crippen LogP contribution in [0.5, 0.6) is 0 Å². The van der Waals surface area contributed by atoms with Crippen molar-refractivity contribution in [2.24, 2.45) is 5.18 Å². The average Bonchev–Trinajstić information content (AvgIpc) is 2.25. The Morgan fingerprint density at radius 3 is 2.64 bits per heavy atom. The molecule has 1 fully saturated rings. The van der Waals surface area contributed by atoms with Crippen molar-refractivity contribution < 1.29 is 9.53 Å². The van der Waals surface area contributed by atoms with Crippen molar-refractivity contribution in [2.45, 2.75) is 25.7 Å². The standard InChI is InChI=1S/C9H16N2O3/c12-9(14-8-4-5-10-13)11-6-2-1-3-7-11/h1-8H2. The number of rotatable bonds is 4. The number of nitroso groups, excluding NO2 is 1. The number of piperidine rings is 1. The van der Waals surface area contributed by atoms with Gasteiger partial charge in [-0.2, -0.15) is 4.91 Å². The number of nitrogens with zero attached hydrogens (tertiary/aromatic N) is 2. The molecule has 0 unspecified atom stereocenters. The molecule has 1 aliphatic rings. The van der Waals surface area contributed by atoms with E-state index in [1.807, 2.05) is 0 Å². The van der Waals surface area contributed by atoms with Crippen molar-refractivity contribution in [3.63, 3.8) is 0 Å². The van der Waals surface area contributed by atoms with E-state index >= 15 is 0 Å². The molecule has 1 heterocycles. The molecule has 0 N–H and O–H groups in total. The maximum atomic E-state index is 11.4. The van der Waals surface area contributed by atoms with Gasteiger partial charge in [-0.15, -0.1) is 0 Å². The minimum absolute atomic E-state index is 0.216. The van der Waals surface area contributed by atoms with E-state index in [-0.39, 0.29) is 12.6 Å². The summed E-state index contributed by atoms with van der Waals surface area (Å²) in [6, 6.07) is 0. The first-order valence-electron chi connectivity index (χ1n) is 5.05. The van der Waals surface area contributed by atoms with Crippen LogP contribution in [0.2, 0.25) is 0 Å². The number of likely N-dealkylation sites (tertiary alicyclic amines) is 1. The zero-order chi connectivity index (χ0) is 10.2. The Morgan fingerprint density at radius 1 is 1.29 bits per heavy atom. The summed E-state index contributed by atoms with van der Waals surface area (Å²) in [6.07, 6.45) is 3.58. The Bertz CT molecular complexity index is 190. The highest BCUT2D eigenvalue weighted by Gasteiger charge is 2.16. The van der Waals surface area contributed by atoms with E-state index in [2.05, 4.69) is 5.18 Å². The lowest BCUT2D eigenvalue weighted by Crippen LogP contribution is -2.36. The average molecular weight is 200 g/mol. The number of carbonyl (C=O) groups is 1. The highest BCUT2D eigenvalue weighted by molar-refractivity contribution is 5.67. The summed E-state index contributed by atoms with van der Waals surface area (Å²) in [5.41, 5.74) is 0. The van der Waals surface area contributed by atoms with E-state index in [0.717, 1.165) is 25.9 Å².